The number of nitrogens with one attached hydrogen (secondary N) is 2. The van der Waals surface area contributed by atoms with Crippen molar-refractivity contribution in [1.29, 1.82) is 0 Å². The summed E-state index contributed by atoms with van der Waals surface area (Å²) in [6.07, 6.45) is 4.08. The molecule has 0 bridgehead atoms. The SMILES string of the molecule is CC.CC.CC.CC=O.O=C(Nc1cccc(Nc2ncccn2)c1)c1ccccc1. The van der Waals surface area contributed by atoms with E-state index in [9.17, 15) is 4.79 Å². The second kappa shape index (κ2) is 21.2. The average Bonchev–Trinajstić information content (AvgIpc) is 2.85. The molecule has 1 aromatic heterocycles. The van der Waals surface area contributed by atoms with E-state index in [-0.39, 0.29) is 5.91 Å². The standard InChI is InChI=1S/C17H14N4O.C2H4O.3C2H6/c22-16(13-6-2-1-3-7-13)20-14-8-4-9-15(12-14)21-17-18-10-5-11-19-17;1-2-3;3*1-2/h1-12H,(H,20,22)(H,18,19,21);2H,1H3;3*1-2H3. The maximum atomic E-state index is 12.1. The Hall–Kier alpha value is -3.54. The van der Waals surface area contributed by atoms with Gasteiger partial charge in [-0.25, -0.2) is 9.97 Å². The predicted molar refractivity (Wildman–Crippen MR) is 132 cm³/mol. The molecule has 6 heteroatoms. The minimum atomic E-state index is -0.145. The van der Waals surface area contributed by atoms with E-state index in [4.69, 9.17) is 4.79 Å². The fourth-order valence-corrected chi connectivity index (χ4v) is 1.96. The summed E-state index contributed by atoms with van der Waals surface area (Å²) in [7, 11) is 0. The second-order valence-electron chi connectivity index (χ2n) is 4.83. The highest BCUT2D eigenvalue weighted by molar-refractivity contribution is 6.04. The van der Waals surface area contributed by atoms with Crippen LogP contribution in [0.4, 0.5) is 17.3 Å². The molecule has 0 spiro atoms. The molecule has 0 saturated heterocycles. The second-order valence-corrected chi connectivity index (χ2v) is 4.83. The highest BCUT2D eigenvalue weighted by Crippen LogP contribution is 2.18. The van der Waals surface area contributed by atoms with Crippen molar-refractivity contribution in [2.75, 3.05) is 10.6 Å². The zero-order valence-electron chi connectivity index (χ0n) is 19.7. The first-order valence-electron chi connectivity index (χ1n) is 10.6. The average molecular weight is 425 g/mol. The van der Waals surface area contributed by atoms with Crippen LogP contribution in [0.3, 0.4) is 0 Å². The van der Waals surface area contributed by atoms with Gasteiger partial charge in [0.1, 0.15) is 6.29 Å². The topological polar surface area (TPSA) is 84.0 Å². The van der Waals surface area contributed by atoms with Crippen LogP contribution >= 0.6 is 0 Å². The Morgan fingerprint density at radius 1 is 0.774 bits per heavy atom. The molecule has 31 heavy (non-hydrogen) atoms. The fourth-order valence-electron chi connectivity index (χ4n) is 1.96. The van der Waals surface area contributed by atoms with Crippen LogP contribution in [0.5, 0.6) is 0 Å². The molecule has 0 saturated carbocycles. The smallest absolute Gasteiger partial charge is 0.255 e. The lowest BCUT2D eigenvalue weighted by molar-refractivity contribution is -0.106. The first kappa shape index (κ1) is 29.7. The van der Waals surface area contributed by atoms with Gasteiger partial charge in [-0.3, -0.25) is 4.79 Å². The highest BCUT2D eigenvalue weighted by Gasteiger charge is 2.05. The Morgan fingerprint density at radius 2 is 1.29 bits per heavy atom. The Kier molecular flexibility index (Phi) is 20.3. The van der Waals surface area contributed by atoms with Gasteiger partial charge in [0, 0.05) is 29.3 Å². The Labute approximate surface area is 187 Å². The molecule has 168 valence electrons. The lowest BCUT2D eigenvalue weighted by atomic mass is 10.2. The molecule has 0 aliphatic heterocycles. The molecule has 0 aliphatic carbocycles. The number of aromatic nitrogens is 2. The number of benzene rings is 2. The number of hydrogen-bond donors (Lipinski definition) is 2. The number of amides is 1. The summed E-state index contributed by atoms with van der Waals surface area (Å²) >= 11 is 0. The summed E-state index contributed by atoms with van der Waals surface area (Å²) in [5.41, 5.74) is 2.12. The molecule has 0 atom stereocenters. The van der Waals surface area contributed by atoms with E-state index in [0.29, 0.717) is 17.2 Å². The highest BCUT2D eigenvalue weighted by atomic mass is 16.1. The minimum Gasteiger partial charge on any atom is -0.324 e. The number of hydrogen-bond acceptors (Lipinski definition) is 5. The van der Waals surface area contributed by atoms with Crippen molar-refractivity contribution < 1.29 is 9.59 Å². The molecule has 0 unspecified atom stereocenters. The monoisotopic (exact) mass is 424 g/mol. The normalized spacial score (nSPS) is 8.10. The van der Waals surface area contributed by atoms with Gasteiger partial charge in [0.05, 0.1) is 0 Å². The number of nitrogens with zero attached hydrogens (tertiary/aromatic N) is 2. The van der Waals surface area contributed by atoms with Crippen LogP contribution in [-0.4, -0.2) is 22.2 Å². The van der Waals surface area contributed by atoms with Gasteiger partial charge in [-0.15, -0.1) is 0 Å². The molecule has 3 rings (SSSR count). The van der Waals surface area contributed by atoms with Crippen molar-refractivity contribution in [1.82, 2.24) is 9.97 Å². The Bertz CT molecular complexity index is 810. The van der Waals surface area contributed by atoms with Crippen LogP contribution < -0.4 is 10.6 Å². The number of aldehydes is 1. The van der Waals surface area contributed by atoms with Gasteiger partial charge >= 0.3 is 0 Å². The Balaban J connectivity index is 0. The lowest BCUT2D eigenvalue weighted by Crippen LogP contribution is -2.11. The van der Waals surface area contributed by atoms with E-state index in [0.717, 1.165) is 12.0 Å². The zero-order valence-corrected chi connectivity index (χ0v) is 19.7. The van der Waals surface area contributed by atoms with Crippen molar-refractivity contribution in [2.45, 2.75) is 48.5 Å². The molecule has 3 aromatic rings. The zero-order chi connectivity index (χ0) is 23.9. The number of carbonyl (C=O) groups excluding carboxylic acids is 2. The van der Waals surface area contributed by atoms with Gasteiger partial charge in [0.15, 0.2) is 0 Å². The van der Waals surface area contributed by atoms with Crippen molar-refractivity contribution >= 4 is 29.5 Å². The van der Waals surface area contributed by atoms with Gasteiger partial charge in [0.2, 0.25) is 5.95 Å². The molecule has 2 N–H and O–H groups in total. The van der Waals surface area contributed by atoms with Crippen molar-refractivity contribution in [2.24, 2.45) is 0 Å². The van der Waals surface area contributed by atoms with Crippen molar-refractivity contribution in [3.05, 3.63) is 78.6 Å². The van der Waals surface area contributed by atoms with E-state index in [1.54, 1.807) is 30.6 Å². The predicted octanol–water partition coefficient (Wildman–Crippen LogP) is 6.76. The van der Waals surface area contributed by atoms with Gasteiger partial charge in [-0.1, -0.05) is 65.8 Å². The number of carbonyl (C=O) groups is 2. The summed E-state index contributed by atoms with van der Waals surface area (Å²) in [5, 5.41) is 5.95. The third kappa shape index (κ3) is 13.3. The van der Waals surface area contributed by atoms with Crippen LogP contribution in [0.1, 0.15) is 58.8 Å². The molecular formula is C25H36N4O2. The largest absolute Gasteiger partial charge is 0.324 e. The minimum absolute atomic E-state index is 0.145. The fraction of sp³-hybridized carbons (Fsp3) is 0.280. The van der Waals surface area contributed by atoms with Crippen LogP contribution in [0.2, 0.25) is 0 Å². The van der Waals surface area contributed by atoms with Crippen molar-refractivity contribution in [3.8, 4) is 0 Å². The number of rotatable bonds is 4. The quantitative estimate of drug-likeness (QED) is 0.452. The molecule has 6 nitrogen and oxygen atoms in total. The Morgan fingerprint density at radius 3 is 1.84 bits per heavy atom. The number of anilines is 3. The molecule has 0 radical (unpaired) electrons. The molecule has 0 aliphatic rings. The van der Waals surface area contributed by atoms with Crippen LogP contribution in [-0.2, 0) is 4.79 Å². The summed E-state index contributed by atoms with van der Waals surface area (Å²) in [6.45, 7) is 13.4. The van der Waals surface area contributed by atoms with E-state index in [1.807, 2.05) is 84.0 Å². The first-order valence-corrected chi connectivity index (χ1v) is 10.6. The first-order chi connectivity index (χ1) is 15.2. The van der Waals surface area contributed by atoms with Crippen LogP contribution in [0.25, 0.3) is 0 Å². The summed E-state index contributed by atoms with van der Waals surface area (Å²) in [5.74, 6) is 0.364. The van der Waals surface area contributed by atoms with E-state index >= 15 is 0 Å². The molecule has 1 amide bonds. The van der Waals surface area contributed by atoms with Gasteiger partial charge in [-0.2, -0.15) is 0 Å². The molecule has 2 aromatic carbocycles. The van der Waals surface area contributed by atoms with Gasteiger partial charge in [0.25, 0.3) is 5.91 Å². The summed E-state index contributed by atoms with van der Waals surface area (Å²) in [6, 6.07) is 18.2. The van der Waals surface area contributed by atoms with Crippen molar-refractivity contribution in [3.63, 3.8) is 0 Å². The van der Waals surface area contributed by atoms with Crippen LogP contribution in [0, 0.1) is 0 Å². The maximum Gasteiger partial charge on any atom is 0.255 e. The third-order valence-electron chi connectivity index (χ3n) is 2.98. The molecular weight excluding hydrogens is 388 g/mol. The summed E-state index contributed by atoms with van der Waals surface area (Å²) in [4.78, 5) is 29.1. The van der Waals surface area contributed by atoms with E-state index in [2.05, 4.69) is 20.6 Å². The van der Waals surface area contributed by atoms with Gasteiger partial charge in [-0.05, 0) is 43.3 Å². The van der Waals surface area contributed by atoms with Gasteiger partial charge < -0.3 is 15.4 Å². The molecule has 0 fully saturated rings. The van der Waals surface area contributed by atoms with E-state index in [1.165, 1.54) is 6.92 Å². The lowest BCUT2D eigenvalue weighted by Gasteiger charge is -2.08. The van der Waals surface area contributed by atoms with Crippen LogP contribution in [0.15, 0.2) is 73.1 Å². The third-order valence-corrected chi connectivity index (χ3v) is 2.98. The maximum absolute atomic E-state index is 12.1. The van der Waals surface area contributed by atoms with E-state index < -0.39 is 0 Å². The molecule has 1 heterocycles. The summed E-state index contributed by atoms with van der Waals surface area (Å²) < 4.78 is 0.